The van der Waals surface area contributed by atoms with E-state index >= 15 is 0 Å². The molecule has 0 atom stereocenters. The van der Waals surface area contributed by atoms with Crippen molar-refractivity contribution >= 4 is 22.5 Å². The predicted molar refractivity (Wildman–Crippen MR) is 114 cm³/mol. The Hall–Kier alpha value is -3.15. The minimum atomic E-state index is 0.246. The number of aryl methyl sites for hydroxylation is 1. The maximum Gasteiger partial charge on any atom is 0.222 e. The largest absolute Gasteiger partial charge is 0.481 e. The summed E-state index contributed by atoms with van der Waals surface area (Å²) in [5.41, 5.74) is 3.37. The van der Waals surface area contributed by atoms with Crippen LogP contribution in [-0.4, -0.2) is 54.1 Å². The van der Waals surface area contributed by atoms with Gasteiger partial charge in [0.25, 0.3) is 0 Å². The van der Waals surface area contributed by atoms with Gasteiger partial charge in [0.15, 0.2) is 0 Å². The van der Waals surface area contributed by atoms with Crippen LogP contribution in [-0.2, 0) is 11.2 Å². The number of hydrogen-bond acceptors (Lipinski definition) is 5. The lowest BCUT2D eigenvalue weighted by Gasteiger charge is -2.36. The van der Waals surface area contributed by atoms with Crippen molar-refractivity contribution in [3.8, 4) is 5.88 Å². The van der Waals surface area contributed by atoms with Crippen molar-refractivity contribution < 1.29 is 9.53 Å². The van der Waals surface area contributed by atoms with Crippen LogP contribution in [0.25, 0.3) is 10.9 Å². The topological polar surface area (TPSA) is 58.6 Å². The lowest BCUT2D eigenvalue weighted by atomic mass is 10.0. The van der Waals surface area contributed by atoms with E-state index in [0.29, 0.717) is 12.3 Å². The molecule has 29 heavy (non-hydrogen) atoms. The molecule has 0 saturated carbocycles. The van der Waals surface area contributed by atoms with Crippen LogP contribution in [0.1, 0.15) is 18.4 Å². The maximum atomic E-state index is 12.7. The Morgan fingerprint density at radius 1 is 1.03 bits per heavy atom. The summed E-state index contributed by atoms with van der Waals surface area (Å²) in [4.78, 5) is 25.5. The van der Waals surface area contributed by atoms with Crippen LogP contribution in [0.2, 0.25) is 0 Å². The molecule has 4 rings (SSSR count). The number of hydrogen-bond donors (Lipinski definition) is 0. The van der Waals surface area contributed by atoms with Gasteiger partial charge in [0.05, 0.1) is 12.6 Å². The fourth-order valence-electron chi connectivity index (χ4n) is 3.89. The molecule has 0 spiro atoms. The molecule has 150 valence electrons. The second-order valence-corrected chi connectivity index (χ2v) is 7.27. The number of carbonyl (C=O) groups is 1. The summed E-state index contributed by atoms with van der Waals surface area (Å²) in [6, 6.07) is 14.2. The zero-order valence-corrected chi connectivity index (χ0v) is 16.8. The number of pyridine rings is 2. The molecule has 6 heteroatoms. The van der Waals surface area contributed by atoms with E-state index in [1.54, 1.807) is 13.3 Å². The third-order valence-electron chi connectivity index (χ3n) is 5.50. The molecule has 2 aromatic heterocycles. The maximum absolute atomic E-state index is 12.7. The zero-order chi connectivity index (χ0) is 20.1. The van der Waals surface area contributed by atoms with Gasteiger partial charge in [-0.1, -0.05) is 18.2 Å². The number of anilines is 1. The Labute approximate surface area is 171 Å². The van der Waals surface area contributed by atoms with Gasteiger partial charge < -0.3 is 14.5 Å². The molecule has 1 fully saturated rings. The van der Waals surface area contributed by atoms with E-state index in [-0.39, 0.29) is 5.91 Å². The lowest BCUT2D eigenvalue weighted by molar-refractivity contribution is -0.131. The second kappa shape index (κ2) is 8.90. The Morgan fingerprint density at radius 3 is 2.72 bits per heavy atom. The zero-order valence-electron chi connectivity index (χ0n) is 16.8. The van der Waals surface area contributed by atoms with Gasteiger partial charge in [-0.15, -0.1) is 0 Å². The molecule has 1 aliphatic heterocycles. The average Bonchev–Trinajstić information content (AvgIpc) is 2.79. The van der Waals surface area contributed by atoms with E-state index in [1.165, 1.54) is 10.9 Å². The molecular weight excluding hydrogens is 364 g/mol. The standard InChI is InChI=1S/C23H26N4O2/c1-29-22-17-19(10-12-25-22)26-13-15-27(16-14-26)23(28)9-3-6-18-5-2-8-21-20(18)7-4-11-24-21/h2,4-5,7-8,10-12,17H,3,6,9,13-16H2,1H3. The number of amides is 1. The number of aromatic nitrogens is 2. The van der Waals surface area contributed by atoms with Crippen molar-refractivity contribution in [1.82, 2.24) is 14.9 Å². The van der Waals surface area contributed by atoms with Gasteiger partial charge in [-0.25, -0.2) is 4.98 Å². The minimum absolute atomic E-state index is 0.246. The van der Waals surface area contributed by atoms with Gasteiger partial charge in [-0.3, -0.25) is 9.78 Å². The first-order chi connectivity index (χ1) is 14.2. The van der Waals surface area contributed by atoms with Crippen molar-refractivity contribution in [2.75, 3.05) is 38.2 Å². The van der Waals surface area contributed by atoms with Crippen molar-refractivity contribution in [2.24, 2.45) is 0 Å². The van der Waals surface area contributed by atoms with Crippen molar-refractivity contribution in [1.29, 1.82) is 0 Å². The van der Waals surface area contributed by atoms with E-state index in [9.17, 15) is 4.79 Å². The number of carbonyl (C=O) groups excluding carboxylic acids is 1. The Kier molecular flexibility index (Phi) is 5.89. The fourth-order valence-corrected chi connectivity index (χ4v) is 3.89. The molecule has 1 saturated heterocycles. The van der Waals surface area contributed by atoms with Crippen LogP contribution >= 0.6 is 0 Å². The third kappa shape index (κ3) is 4.47. The molecule has 3 aromatic rings. The number of ether oxygens (including phenoxy) is 1. The average molecular weight is 390 g/mol. The Bertz CT molecular complexity index is 978. The number of rotatable bonds is 6. The highest BCUT2D eigenvalue weighted by atomic mass is 16.5. The number of fused-ring (bicyclic) bond motifs is 1. The molecule has 3 heterocycles. The van der Waals surface area contributed by atoms with Gasteiger partial charge in [0.1, 0.15) is 0 Å². The van der Waals surface area contributed by atoms with Gasteiger partial charge >= 0.3 is 0 Å². The van der Waals surface area contributed by atoms with Crippen LogP contribution in [0, 0.1) is 0 Å². The molecule has 0 unspecified atom stereocenters. The predicted octanol–water partition coefficient (Wildman–Crippen LogP) is 3.31. The summed E-state index contributed by atoms with van der Waals surface area (Å²) in [7, 11) is 1.62. The highest BCUT2D eigenvalue weighted by Gasteiger charge is 2.21. The van der Waals surface area contributed by atoms with Gasteiger partial charge in [-0.2, -0.15) is 0 Å². The second-order valence-electron chi connectivity index (χ2n) is 7.27. The normalized spacial score (nSPS) is 14.2. The molecule has 6 nitrogen and oxygen atoms in total. The molecule has 0 N–H and O–H groups in total. The summed E-state index contributed by atoms with van der Waals surface area (Å²) >= 11 is 0. The van der Waals surface area contributed by atoms with Crippen LogP contribution in [0.5, 0.6) is 5.88 Å². The number of methoxy groups -OCH3 is 1. The number of piperazine rings is 1. The molecule has 0 aliphatic carbocycles. The Morgan fingerprint density at radius 2 is 1.90 bits per heavy atom. The Balaban J connectivity index is 1.28. The summed E-state index contributed by atoms with van der Waals surface area (Å²) in [6.07, 6.45) is 5.91. The summed E-state index contributed by atoms with van der Waals surface area (Å²) in [5.74, 6) is 0.861. The highest BCUT2D eigenvalue weighted by Crippen LogP contribution is 2.21. The van der Waals surface area contributed by atoms with Crippen molar-refractivity contribution in [2.45, 2.75) is 19.3 Å². The minimum Gasteiger partial charge on any atom is -0.481 e. The van der Waals surface area contributed by atoms with Crippen LogP contribution in [0.4, 0.5) is 5.69 Å². The van der Waals surface area contributed by atoms with E-state index in [0.717, 1.165) is 50.2 Å². The molecule has 1 aromatic carbocycles. The first kappa shape index (κ1) is 19.2. The van der Waals surface area contributed by atoms with E-state index in [1.807, 2.05) is 41.4 Å². The van der Waals surface area contributed by atoms with Crippen molar-refractivity contribution in [3.63, 3.8) is 0 Å². The smallest absolute Gasteiger partial charge is 0.222 e. The first-order valence-electron chi connectivity index (χ1n) is 10.1. The van der Waals surface area contributed by atoms with E-state index in [2.05, 4.69) is 27.0 Å². The summed E-state index contributed by atoms with van der Waals surface area (Å²) < 4.78 is 5.21. The SMILES string of the molecule is COc1cc(N2CCN(C(=O)CCCc3cccc4ncccc34)CC2)ccn1. The summed E-state index contributed by atoms with van der Waals surface area (Å²) in [5, 5.41) is 1.18. The highest BCUT2D eigenvalue weighted by molar-refractivity contribution is 5.82. The van der Waals surface area contributed by atoms with E-state index < -0.39 is 0 Å². The van der Waals surface area contributed by atoms with Gasteiger partial charge in [0, 0.05) is 62.1 Å². The monoisotopic (exact) mass is 390 g/mol. The molecular formula is C23H26N4O2. The van der Waals surface area contributed by atoms with Gasteiger partial charge in [0.2, 0.25) is 11.8 Å². The summed E-state index contributed by atoms with van der Waals surface area (Å²) in [6.45, 7) is 3.16. The van der Waals surface area contributed by atoms with Gasteiger partial charge in [-0.05, 0) is 36.6 Å². The van der Waals surface area contributed by atoms with Crippen LogP contribution in [0.15, 0.2) is 54.9 Å². The van der Waals surface area contributed by atoms with Crippen molar-refractivity contribution in [3.05, 3.63) is 60.4 Å². The lowest BCUT2D eigenvalue weighted by Crippen LogP contribution is -2.48. The first-order valence-corrected chi connectivity index (χ1v) is 10.1. The molecule has 1 amide bonds. The molecule has 0 bridgehead atoms. The number of benzene rings is 1. The molecule has 1 aliphatic rings. The number of nitrogens with zero attached hydrogens (tertiary/aromatic N) is 4. The third-order valence-corrected chi connectivity index (χ3v) is 5.50. The van der Waals surface area contributed by atoms with Crippen LogP contribution in [0.3, 0.4) is 0 Å². The fraction of sp³-hybridized carbons (Fsp3) is 0.348. The molecule has 0 radical (unpaired) electrons. The van der Waals surface area contributed by atoms with E-state index in [4.69, 9.17) is 4.74 Å². The quantitative estimate of drug-likeness (QED) is 0.646. The van der Waals surface area contributed by atoms with Crippen LogP contribution < -0.4 is 9.64 Å².